The van der Waals surface area contributed by atoms with E-state index in [4.69, 9.17) is 13.9 Å². The molecule has 0 unspecified atom stereocenters. The van der Waals surface area contributed by atoms with Gasteiger partial charge in [-0.1, -0.05) is 0 Å². The summed E-state index contributed by atoms with van der Waals surface area (Å²) in [4.78, 5) is 3.87. The monoisotopic (exact) mass is 248 g/mol. The third-order valence-corrected chi connectivity index (χ3v) is 2.67. The van der Waals surface area contributed by atoms with Gasteiger partial charge < -0.3 is 19.2 Å². The Bertz CT molecular complexity index is 509. The molecule has 18 heavy (non-hydrogen) atoms. The van der Waals surface area contributed by atoms with Crippen molar-refractivity contribution in [1.29, 1.82) is 0 Å². The summed E-state index contributed by atoms with van der Waals surface area (Å²) >= 11 is 0. The van der Waals surface area contributed by atoms with Gasteiger partial charge in [0.15, 0.2) is 17.9 Å². The summed E-state index contributed by atoms with van der Waals surface area (Å²) in [5, 5.41) is 3.27. The van der Waals surface area contributed by atoms with Crippen LogP contribution in [0.25, 0.3) is 0 Å². The minimum atomic E-state index is 0.580. The van der Waals surface area contributed by atoms with Gasteiger partial charge in [-0.25, -0.2) is 4.98 Å². The number of nitrogens with zero attached hydrogens (tertiary/aromatic N) is 1. The molecule has 96 valence electrons. The van der Waals surface area contributed by atoms with Gasteiger partial charge in [0.05, 0.1) is 27.0 Å². The standard InChI is InChI=1S/C13H16N2O3/c1-9-4-12(16-2)13(17-3)5-11(9)15-7-10-6-14-8-18-10/h4-6,8,15H,7H2,1-3H3. The highest BCUT2D eigenvalue weighted by atomic mass is 16.5. The Hall–Kier alpha value is -2.17. The first kappa shape index (κ1) is 12.3. The van der Waals surface area contributed by atoms with Gasteiger partial charge in [-0.05, 0) is 18.6 Å². The highest BCUT2D eigenvalue weighted by Gasteiger charge is 2.08. The number of ether oxygens (including phenoxy) is 2. The maximum Gasteiger partial charge on any atom is 0.180 e. The van der Waals surface area contributed by atoms with Crippen LogP contribution in [-0.2, 0) is 6.54 Å². The molecule has 0 bridgehead atoms. The number of nitrogens with one attached hydrogen (secondary N) is 1. The summed E-state index contributed by atoms with van der Waals surface area (Å²) in [6.07, 6.45) is 3.10. The lowest BCUT2D eigenvalue weighted by Crippen LogP contribution is -2.01. The molecule has 1 N–H and O–H groups in total. The fourth-order valence-electron chi connectivity index (χ4n) is 1.68. The molecule has 1 aromatic heterocycles. The summed E-state index contributed by atoms with van der Waals surface area (Å²) < 4.78 is 15.7. The molecule has 5 heteroatoms. The molecule has 0 spiro atoms. The van der Waals surface area contributed by atoms with E-state index in [1.54, 1.807) is 20.4 Å². The number of oxazole rings is 1. The summed E-state index contributed by atoms with van der Waals surface area (Å²) in [7, 11) is 3.24. The molecule has 2 aromatic rings. The van der Waals surface area contributed by atoms with Gasteiger partial charge >= 0.3 is 0 Å². The Morgan fingerprint density at radius 2 is 1.94 bits per heavy atom. The molecule has 0 atom stereocenters. The zero-order valence-electron chi connectivity index (χ0n) is 10.7. The average molecular weight is 248 g/mol. The van der Waals surface area contributed by atoms with Crippen LogP contribution in [0.4, 0.5) is 5.69 Å². The van der Waals surface area contributed by atoms with Gasteiger partial charge in [-0.3, -0.25) is 0 Å². The van der Waals surface area contributed by atoms with E-state index in [1.807, 2.05) is 19.1 Å². The molecule has 0 fully saturated rings. The van der Waals surface area contributed by atoms with E-state index in [1.165, 1.54) is 6.39 Å². The van der Waals surface area contributed by atoms with Gasteiger partial charge in [-0.2, -0.15) is 0 Å². The largest absolute Gasteiger partial charge is 0.493 e. The maximum atomic E-state index is 5.27. The second-order valence-corrected chi connectivity index (χ2v) is 3.84. The fraction of sp³-hybridized carbons (Fsp3) is 0.308. The van der Waals surface area contributed by atoms with Crippen LogP contribution in [0.1, 0.15) is 11.3 Å². The first-order valence-corrected chi connectivity index (χ1v) is 5.58. The Labute approximate surface area is 106 Å². The van der Waals surface area contributed by atoms with Crippen LogP contribution >= 0.6 is 0 Å². The van der Waals surface area contributed by atoms with Crippen molar-refractivity contribution in [3.63, 3.8) is 0 Å². The van der Waals surface area contributed by atoms with Crippen molar-refractivity contribution in [2.45, 2.75) is 13.5 Å². The van der Waals surface area contributed by atoms with Crippen LogP contribution < -0.4 is 14.8 Å². The van der Waals surface area contributed by atoms with E-state index in [2.05, 4.69) is 10.3 Å². The molecule has 0 amide bonds. The summed E-state index contributed by atoms with van der Waals surface area (Å²) in [6, 6.07) is 3.84. The molecule has 0 aliphatic heterocycles. The lowest BCUT2D eigenvalue weighted by Gasteiger charge is -2.13. The fourth-order valence-corrected chi connectivity index (χ4v) is 1.68. The van der Waals surface area contributed by atoms with Crippen molar-refractivity contribution < 1.29 is 13.9 Å². The van der Waals surface area contributed by atoms with Gasteiger partial charge in [0.25, 0.3) is 0 Å². The van der Waals surface area contributed by atoms with Gasteiger partial charge in [0.2, 0.25) is 0 Å². The van der Waals surface area contributed by atoms with Crippen molar-refractivity contribution in [3.8, 4) is 11.5 Å². The number of methoxy groups -OCH3 is 2. The lowest BCUT2D eigenvalue weighted by atomic mass is 10.1. The molecule has 1 aromatic carbocycles. The van der Waals surface area contributed by atoms with Crippen molar-refractivity contribution in [2.24, 2.45) is 0 Å². The van der Waals surface area contributed by atoms with Crippen LogP contribution in [0.2, 0.25) is 0 Å². The van der Waals surface area contributed by atoms with Crippen molar-refractivity contribution >= 4 is 5.69 Å². The minimum absolute atomic E-state index is 0.580. The molecular formula is C13H16N2O3. The number of rotatable bonds is 5. The highest BCUT2D eigenvalue weighted by Crippen LogP contribution is 2.32. The smallest absolute Gasteiger partial charge is 0.180 e. The summed E-state index contributed by atoms with van der Waals surface area (Å²) in [5.74, 6) is 2.20. The maximum absolute atomic E-state index is 5.27. The number of aryl methyl sites for hydroxylation is 1. The van der Waals surface area contributed by atoms with Crippen LogP contribution in [0.5, 0.6) is 11.5 Å². The van der Waals surface area contributed by atoms with E-state index < -0.39 is 0 Å². The van der Waals surface area contributed by atoms with Crippen molar-refractivity contribution in [1.82, 2.24) is 4.98 Å². The Morgan fingerprint density at radius 3 is 2.56 bits per heavy atom. The third kappa shape index (κ3) is 2.56. The Balaban J connectivity index is 2.17. The quantitative estimate of drug-likeness (QED) is 0.881. The number of anilines is 1. The SMILES string of the molecule is COc1cc(C)c(NCc2cnco2)cc1OC. The second kappa shape index (κ2) is 5.44. The first-order valence-electron chi connectivity index (χ1n) is 5.58. The third-order valence-electron chi connectivity index (χ3n) is 2.67. The minimum Gasteiger partial charge on any atom is -0.493 e. The van der Waals surface area contributed by atoms with E-state index in [-0.39, 0.29) is 0 Å². The molecule has 0 aliphatic carbocycles. The Morgan fingerprint density at radius 1 is 1.22 bits per heavy atom. The first-order chi connectivity index (χ1) is 8.74. The number of hydrogen-bond donors (Lipinski definition) is 1. The number of benzene rings is 1. The van der Waals surface area contributed by atoms with E-state index in [0.717, 1.165) is 22.8 Å². The predicted molar refractivity (Wildman–Crippen MR) is 68.1 cm³/mol. The van der Waals surface area contributed by atoms with E-state index >= 15 is 0 Å². The van der Waals surface area contributed by atoms with Gasteiger partial charge in [0, 0.05) is 11.8 Å². The van der Waals surface area contributed by atoms with Gasteiger partial charge in [0.1, 0.15) is 5.76 Å². The number of aromatic nitrogens is 1. The molecule has 0 aliphatic rings. The Kier molecular flexibility index (Phi) is 3.72. The molecule has 0 saturated heterocycles. The lowest BCUT2D eigenvalue weighted by molar-refractivity contribution is 0.355. The normalized spacial score (nSPS) is 10.2. The molecule has 1 heterocycles. The van der Waals surface area contributed by atoms with Crippen LogP contribution in [-0.4, -0.2) is 19.2 Å². The topological polar surface area (TPSA) is 56.5 Å². The molecule has 5 nitrogen and oxygen atoms in total. The van der Waals surface area contributed by atoms with Crippen molar-refractivity contribution in [3.05, 3.63) is 36.0 Å². The molecule has 0 saturated carbocycles. The molecule has 0 radical (unpaired) electrons. The predicted octanol–water partition coefficient (Wildman–Crippen LogP) is 2.61. The zero-order valence-corrected chi connectivity index (χ0v) is 10.7. The van der Waals surface area contributed by atoms with E-state index in [0.29, 0.717) is 12.3 Å². The van der Waals surface area contributed by atoms with Gasteiger partial charge in [-0.15, -0.1) is 0 Å². The van der Waals surface area contributed by atoms with Crippen molar-refractivity contribution in [2.75, 3.05) is 19.5 Å². The van der Waals surface area contributed by atoms with Crippen LogP contribution in [0, 0.1) is 6.92 Å². The molecular weight excluding hydrogens is 232 g/mol. The summed E-state index contributed by atoms with van der Waals surface area (Å²) in [5.41, 5.74) is 2.05. The van der Waals surface area contributed by atoms with E-state index in [9.17, 15) is 0 Å². The average Bonchev–Trinajstić information content (AvgIpc) is 2.90. The second-order valence-electron chi connectivity index (χ2n) is 3.84. The highest BCUT2D eigenvalue weighted by molar-refractivity contribution is 5.60. The van der Waals surface area contributed by atoms with Crippen LogP contribution in [0.3, 0.4) is 0 Å². The zero-order chi connectivity index (χ0) is 13.0. The molecule has 2 rings (SSSR count). The summed E-state index contributed by atoms with van der Waals surface area (Å²) in [6.45, 7) is 2.58. The van der Waals surface area contributed by atoms with Crippen LogP contribution in [0.15, 0.2) is 29.1 Å². The number of hydrogen-bond acceptors (Lipinski definition) is 5.